The first-order valence-electron chi connectivity index (χ1n) is 27.9. The highest BCUT2D eigenvalue weighted by molar-refractivity contribution is 6.14. The largest absolute Gasteiger partial charge is 0.507 e. The van der Waals surface area contributed by atoms with Gasteiger partial charge in [0.25, 0.3) is 0 Å². The van der Waals surface area contributed by atoms with E-state index in [0.717, 1.165) is 105 Å². The lowest BCUT2D eigenvalue weighted by Crippen LogP contribution is -1.96. The highest BCUT2D eigenvalue weighted by Gasteiger charge is 2.23. The quantitative estimate of drug-likeness (QED) is 0.102. The summed E-state index contributed by atoms with van der Waals surface area (Å²) < 4.78 is 0. The third-order valence-corrected chi connectivity index (χ3v) is 16.0. The van der Waals surface area contributed by atoms with Crippen molar-refractivity contribution in [2.45, 2.75) is 27.7 Å². The smallest absolute Gasteiger partial charge is 0.132 e. The zero-order chi connectivity index (χ0) is 55.0. The number of aromatic hydroxyl groups is 1. The summed E-state index contributed by atoms with van der Waals surface area (Å²) in [4.78, 5) is 5.55. The number of aryl methyl sites for hydroxylation is 4. The molecular weight excluding hydrogens is 979 g/mol. The normalized spacial score (nSPS) is 11.5. The van der Waals surface area contributed by atoms with Gasteiger partial charge in [-0.15, -0.1) is 0 Å². The topological polar surface area (TPSA) is 32.6 Å². The number of hydrogen-bond donors (Lipinski definition) is 1. The highest BCUT2D eigenvalue weighted by Crippen LogP contribution is 2.50. The Hall–Kier alpha value is -10.2. The molecule has 0 aromatic heterocycles. The van der Waals surface area contributed by atoms with E-state index in [1.807, 2.05) is 24.4 Å². The number of nitrogens with zero attached hydrogens (tertiary/aromatic N) is 1. The Balaban J connectivity index is 1.07. The Morgan fingerprint density at radius 3 is 1.09 bits per heavy atom. The minimum atomic E-state index is 0.183. The van der Waals surface area contributed by atoms with Gasteiger partial charge in [0.1, 0.15) is 5.75 Å². The van der Waals surface area contributed by atoms with Crippen molar-refractivity contribution in [3.8, 4) is 106 Å². The maximum absolute atomic E-state index is 12.5. The minimum Gasteiger partial charge on any atom is -0.507 e. The van der Waals surface area contributed by atoms with Gasteiger partial charge in [0.15, 0.2) is 0 Å². The van der Waals surface area contributed by atoms with E-state index < -0.39 is 0 Å². The van der Waals surface area contributed by atoms with Crippen LogP contribution in [0.5, 0.6) is 5.75 Å². The zero-order valence-electron chi connectivity index (χ0n) is 46.0. The van der Waals surface area contributed by atoms with Crippen LogP contribution in [0, 0.1) is 27.7 Å². The molecule has 1 N–H and O–H groups in total. The highest BCUT2D eigenvalue weighted by atomic mass is 16.3. The van der Waals surface area contributed by atoms with Crippen molar-refractivity contribution in [1.82, 2.24) is 0 Å². The van der Waals surface area contributed by atoms with Crippen LogP contribution in [0.15, 0.2) is 278 Å². The molecule has 0 radical (unpaired) electrons. The van der Waals surface area contributed by atoms with E-state index in [4.69, 9.17) is 4.99 Å². The second-order valence-electron chi connectivity index (χ2n) is 21.5. The lowest BCUT2D eigenvalue weighted by molar-refractivity contribution is 0.476. The van der Waals surface area contributed by atoms with Gasteiger partial charge < -0.3 is 5.11 Å². The molecule has 13 aromatic carbocycles. The summed E-state index contributed by atoms with van der Waals surface area (Å²) in [5.74, 6) is 0.183. The van der Waals surface area contributed by atoms with Crippen molar-refractivity contribution < 1.29 is 5.11 Å². The van der Waals surface area contributed by atoms with Gasteiger partial charge in [-0.25, -0.2) is 0 Å². The molecule has 386 valence electrons. The molecule has 0 saturated heterocycles. The van der Waals surface area contributed by atoms with Crippen LogP contribution in [0.2, 0.25) is 0 Å². The summed E-state index contributed by atoms with van der Waals surface area (Å²) in [5, 5.41) is 16.9. The number of hydrogen-bond acceptors (Lipinski definition) is 2. The van der Waals surface area contributed by atoms with E-state index in [0.29, 0.717) is 5.56 Å². The predicted octanol–water partition coefficient (Wildman–Crippen LogP) is 21.7. The molecular formula is C79H59NO. The van der Waals surface area contributed by atoms with E-state index in [1.54, 1.807) is 0 Å². The number of phenols is 1. The van der Waals surface area contributed by atoms with Crippen molar-refractivity contribution in [2.24, 2.45) is 4.99 Å². The number of aliphatic imine (C=N–C) groups is 1. The van der Waals surface area contributed by atoms with Crippen molar-refractivity contribution in [1.29, 1.82) is 0 Å². The van der Waals surface area contributed by atoms with E-state index in [-0.39, 0.29) is 5.75 Å². The summed E-state index contributed by atoms with van der Waals surface area (Å²) in [6.45, 7) is 8.53. The maximum Gasteiger partial charge on any atom is 0.132 e. The van der Waals surface area contributed by atoms with Crippen molar-refractivity contribution in [3.05, 3.63) is 301 Å². The van der Waals surface area contributed by atoms with Crippen LogP contribution in [0.1, 0.15) is 27.8 Å². The molecule has 0 fully saturated rings. The minimum absolute atomic E-state index is 0.183. The lowest BCUT2D eigenvalue weighted by Gasteiger charge is -2.22. The number of para-hydroxylation sites is 1. The average Bonchev–Trinajstić information content (AvgIpc) is 3.69. The van der Waals surface area contributed by atoms with Crippen LogP contribution < -0.4 is 0 Å². The molecule has 81 heavy (non-hydrogen) atoms. The van der Waals surface area contributed by atoms with Crippen LogP contribution in [0.4, 0.5) is 5.69 Å². The average molecular weight is 1040 g/mol. The van der Waals surface area contributed by atoms with Crippen molar-refractivity contribution in [3.63, 3.8) is 0 Å². The van der Waals surface area contributed by atoms with Gasteiger partial charge in [0, 0.05) is 34.0 Å². The SMILES string of the molecule is Cc1ccc(-c2ccc(-c3cc(-c4ccccc4)cc(-c4ccc(-c5ccc(C)cc5)cc4)c3-c3cc(-c4ccc(C)cc4)c(N=Cc4cccc(-c5c6ccccc6cc6ccccc56)c4O)c(-c4ccc(C)cc4)c3)cc2)cc1. The maximum atomic E-state index is 12.5. The summed E-state index contributed by atoms with van der Waals surface area (Å²) in [6, 6.07) is 98.6. The molecule has 0 spiro atoms. The first kappa shape index (κ1) is 50.4. The third kappa shape index (κ3) is 10.1. The Morgan fingerprint density at radius 2 is 0.630 bits per heavy atom. The number of phenolic OH excluding ortho intramolecular Hbond substituents is 1. The molecule has 13 aromatic rings. The van der Waals surface area contributed by atoms with E-state index in [1.165, 1.54) is 44.5 Å². The van der Waals surface area contributed by atoms with Crippen LogP contribution in [-0.2, 0) is 0 Å². The molecule has 2 nitrogen and oxygen atoms in total. The summed E-state index contributed by atoms with van der Waals surface area (Å²) >= 11 is 0. The summed E-state index contributed by atoms with van der Waals surface area (Å²) in [6.07, 6.45) is 1.85. The molecule has 0 saturated carbocycles. The fourth-order valence-corrected chi connectivity index (χ4v) is 11.5. The Morgan fingerprint density at radius 1 is 0.272 bits per heavy atom. The zero-order valence-corrected chi connectivity index (χ0v) is 46.0. The van der Waals surface area contributed by atoms with Crippen LogP contribution in [0.3, 0.4) is 0 Å². The van der Waals surface area contributed by atoms with Gasteiger partial charge >= 0.3 is 0 Å². The Labute approximate surface area is 475 Å². The van der Waals surface area contributed by atoms with Gasteiger partial charge in [-0.1, -0.05) is 259 Å². The van der Waals surface area contributed by atoms with Crippen LogP contribution in [-0.4, -0.2) is 11.3 Å². The third-order valence-electron chi connectivity index (χ3n) is 16.0. The number of fused-ring (bicyclic) bond motifs is 2. The lowest BCUT2D eigenvalue weighted by atomic mass is 9.82. The molecule has 0 atom stereocenters. The fraction of sp³-hybridized carbons (Fsp3) is 0.0506. The van der Waals surface area contributed by atoms with Gasteiger partial charge in [-0.3, -0.25) is 4.99 Å². The molecule has 13 rings (SSSR count). The molecule has 2 heteroatoms. The van der Waals surface area contributed by atoms with E-state index in [2.05, 4.69) is 282 Å². The summed E-state index contributed by atoms with van der Waals surface area (Å²) in [7, 11) is 0. The number of rotatable bonds is 11. The van der Waals surface area contributed by atoms with Gasteiger partial charge in [0.2, 0.25) is 0 Å². The Kier molecular flexibility index (Phi) is 13.4. The first-order chi connectivity index (χ1) is 39.7. The number of benzene rings is 13. The van der Waals surface area contributed by atoms with Gasteiger partial charge in [-0.2, -0.15) is 0 Å². The van der Waals surface area contributed by atoms with E-state index in [9.17, 15) is 5.11 Å². The molecule has 0 bridgehead atoms. The predicted molar refractivity (Wildman–Crippen MR) is 345 cm³/mol. The summed E-state index contributed by atoms with van der Waals surface area (Å²) in [5.41, 5.74) is 25.7. The van der Waals surface area contributed by atoms with E-state index >= 15 is 0 Å². The molecule has 0 aliphatic carbocycles. The Bertz CT molecular complexity index is 4250. The van der Waals surface area contributed by atoms with Crippen molar-refractivity contribution in [2.75, 3.05) is 0 Å². The van der Waals surface area contributed by atoms with Gasteiger partial charge in [-0.05, 0) is 164 Å². The van der Waals surface area contributed by atoms with Crippen LogP contribution >= 0.6 is 0 Å². The molecule has 0 amide bonds. The monoisotopic (exact) mass is 1040 g/mol. The molecule has 0 heterocycles. The van der Waals surface area contributed by atoms with Crippen LogP contribution in [0.25, 0.3) is 122 Å². The second-order valence-corrected chi connectivity index (χ2v) is 21.5. The molecule has 0 aliphatic heterocycles. The molecule has 0 aliphatic rings. The second kappa shape index (κ2) is 21.6. The standard InChI is InChI=1S/C79H59NO/c1-51-21-29-56(30-22-51)58-37-41-60(42-38-58)72-46-67(55-13-6-5-7-14-55)47-73(61-43-39-59(40-44-61)57-31-23-52(2)24-32-57)76(72)68-48-74(62-33-25-53(3)26-34-62)78(75(49-68)63-35-27-54(4)28-36-63)80-50-66-17-12-20-71(79(66)81)77-69-18-10-8-15-64(69)45-65-16-9-11-19-70(65)77/h5-50,81H,1-4H3. The van der Waals surface area contributed by atoms with Gasteiger partial charge in [0.05, 0.1) is 5.69 Å². The van der Waals surface area contributed by atoms with Crippen molar-refractivity contribution >= 4 is 33.4 Å². The first-order valence-corrected chi connectivity index (χ1v) is 27.9. The fourth-order valence-electron chi connectivity index (χ4n) is 11.5. The molecule has 0 unspecified atom stereocenters.